The lowest BCUT2D eigenvalue weighted by Gasteiger charge is -2.02. The highest BCUT2D eigenvalue weighted by molar-refractivity contribution is 7.13. The number of carbonyl (C=O) groups excluding carboxylic acids is 1. The third kappa shape index (κ3) is 3.19. The second-order valence-electron chi connectivity index (χ2n) is 5.66. The maximum atomic E-state index is 12.4. The average molecular weight is 403 g/mol. The first kappa shape index (κ1) is 17.0. The Bertz CT molecular complexity index is 1120. The third-order valence-electron chi connectivity index (χ3n) is 3.78. The van der Waals surface area contributed by atoms with E-state index in [9.17, 15) is 4.79 Å². The monoisotopic (exact) mass is 402 g/mol. The van der Waals surface area contributed by atoms with Crippen LogP contribution < -0.4 is 5.32 Å². The third-order valence-corrected chi connectivity index (χ3v) is 5.29. The Morgan fingerprint density at radius 2 is 1.92 bits per heavy atom. The number of rotatable bonds is 3. The molecule has 4 rings (SSSR count). The molecule has 4 aromatic rings. The number of nitrogens with zero attached hydrogens (tertiary/aromatic N) is 2. The number of aromatic nitrogens is 3. The molecule has 2 aromatic carbocycles. The molecule has 8 heteroatoms. The van der Waals surface area contributed by atoms with Crippen molar-refractivity contribution in [2.75, 3.05) is 5.32 Å². The summed E-state index contributed by atoms with van der Waals surface area (Å²) in [5.41, 5.74) is 3.45. The highest BCUT2D eigenvalue weighted by Crippen LogP contribution is 2.33. The number of thiazole rings is 1. The molecule has 2 aromatic heterocycles. The Labute approximate surface area is 163 Å². The molecule has 0 aliphatic rings. The first-order valence-corrected chi connectivity index (χ1v) is 9.32. The van der Waals surface area contributed by atoms with Gasteiger partial charge in [0.25, 0.3) is 5.91 Å². The number of anilines is 1. The van der Waals surface area contributed by atoms with Gasteiger partial charge >= 0.3 is 0 Å². The summed E-state index contributed by atoms with van der Waals surface area (Å²) in [6.45, 7) is 1.88. The SMILES string of the molecule is Cc1csc(NC(=O)c2ccc3nc(-c4c(Cl)cccc4Cl)[nH]c3c2)n1. The summed E-state index contributed by atoms with van der Waals surface area (Å²) in [5, 5.41) is 6.26. The van der Waals surface area contributed by atoms with Gasteiger partial charge in [0, 0.05) is 10.9 Å². The number of aryl methyl sites for hydroxylation is 1. The van der Waals surface area contributed by atoms with Gasteiger partial charge in [-0.2, -0.15) is 0 Å². The molecule has 1 amide bonds. The number of H-pyrrole nitrogens is 1. The van der Waals surface area contributed by atoms with Crippen LogP contribution in [0.25, 0.3) is 22.4 Å². The zero-order valence-electron chi connectivity index (χ0n) is 13.5. The van der Waals surface area contributed by atoms with E-state index in [1.165, 1.54) is 11.3 Å². The van der Waals surface area contributed by atoms with Crippen molar-refractivity contribution in [2.24, 2.45) is 0 Å². The number of hydrogen-bond acceptors (Lipinski definition) is 4. The molecule has 0 radical (unpaired) electrons. The van der Waals surface area contributed by atoms with Crippen molar-refractivity contribution in [2.45, 2.75) is 6.92 Å². The molecule has 0 aliphatic carbocycles. The van der Waals surface area contributed by atoms with Gasteiger partial charge in [-0.25, -0.2) is 9.97 Å². The van der Waals surface area contributed by atoms with Gasteiger partial charge in [-0.3, -0.25) is 10.1 Å². The highest BCUT2D eigenvalue weighted by atomic mass is 35.5. The Balaban J connectivity index is 1.69. The quantitative estimate of drug-likeness (QED) is 0.471. The average Bonchev–Trinajstić information content (AvgIpc) is 3.19. The van der Waals surface area contributed by atoms with Crippen molar-refractivity contribution < 1.29 is 4.79 Å². The minimum absolute atomic E-state index is 0.229. The molecule has 0 unspecified atom stereocenters. The topological polar surface area (TPSA) is 70.7 Å². The maximum absolute atomic E-state index is 12.4. The zero-order chi connectivity index (χ0) is 18.3. The van der Waals surface area contributed by atoms with E-state index in [4.69, 9.17) is 23.2 Å². The molecule has 5 nitrogen and oxygen atoms in total. The van der Waals surface area contributed by atoms with Gasteiger partial charge in [-0.1, -0.05) is 29.3 Å². The number of fused-ring (bicyclic) bond motifs is 1. The van der Waals surface area contributed by atoms with Crippen molar-refractivity contribution in [1.82, 2.24) is 15.0 Å². The molecule has 0 spiro atoms. The minimum Gasteiger partial charge on any atom is -0.338 e. The van der Waals surface area contributed by atoms with Crippen LogP contribution in [0.3, 0.4) is 0 Å². The van der Waals surface area contributed by atoms with Crippen LogP contribution in [-0.2, 0) is 0 Å². The van der Waals surface area contributed by atoms with E-state index in [0.29, 0.717) is 32.1 Å². The van der Waals surface area contributed by atoms with Crippen LogP contribution in [0.15, 0.2) is 41.8 Å². The van der Waals surface area contributed by atoms with Crippen LogP contribution in [0.4, 0.5) is 5.13 Å². The second kappa shape index (κ2) is 6.72. The van der Waals surface area contributed by atoms with Crippen LogP contribution in [0.5, 0.6) is 0 Å². The lowest BCUT2D eigenvalue weighted by molar-refractivity contribution is 0.102. The number of hydrogen-bond donors (Lipinski definition) is 2. The molecule has 26 heavy (non-hydrogen) atoms. The van der Waals surface area contributed by atoms with Gasteiger partial charge < -0.3 is 4.98 Å². The standard InChI is InChI=1S/C18H12Cl2N4OS/c1-9-8-26-18(21-9)24-17(25)10-5-6-13-14(7-10)23-16(22-13)15-11(19)3-2-4-12(15)20/h2-8H,1H3,(H,22,23)(H,21,24,25). The van der Waals surface area contributed by atoms with E-state index >= 15 is 0 Å². The summed E-state index contributed by atoms with van der Waals surface area (Å²) in [6.07, 6.45) is 0. The Morgan fingerprint density at radius 3 is 2.62 bits per heavy atom. The van der Waals surface area contributed by atoms with Crippen molar-refractivity contribution in [3.63, 3.8) is 0 Å². The molecule has 0 saturated carbocycles. The van der Waals surface area contributed by atoms with E-state index in [-0.39, 0.29) is 5.91 Å². The predicted octanol–water partition coefficient (Wildman–Crippen LogP) is 5.55. The van der Waals surface area contributed by atoms with Crippen molar-refractivity contribution >= 4 is 56.6 Å². The Morgan fingerprint density at radius 1 is 1.15 bits per heavy atom. The molecular formula is C18H12Cl2N4OS. The van der Waals surface area contributed by atoms with E-state index in [0.717, 1.165) is 16.7 Å². The second-order valence-corrected chi connectivity index (χ2v) is 7.33. The fourth-order valence-corrected chi connectivity index (χ4v) is 3.83. The number of nitrogens with one attached hydrogen (secondary N) is 2. The van der Waals surface area contributed by atoms with E-state index in [1.54, 1.807) is 36.4 Å². The lowest BCUT2D eigenvalue weighted by atomic mass is 10.2. The summed E-state index contributed by atoms with van der Waals surface area (Å²) in [6, 6.07) is 10.5. The van der Waals surface area contributed by atoms with E-state index in [2.05, 4.69) is 20.3 Å². The molecule has 0 atom stereocenters. The number of benzene rings is 2. The van der Waals surface area contributed by atoms with Crippen molar-refractivity contribution in [3.05, 3.63) is 63.1 Å². The first-order valence-electron chi connectivity index (χ1n) is 7.69. The summed E-state index contributed by atoms with van der Waals surface area (Å²) in [7, 11) is 0. The van der Waals surface area contributed by atoms with Crippen LogP contribution in [0.1, 0.15) is 16.1 Å². The van der Waals surface area contributed by atoms with Crippen molar-refractivity contribution in [3.8, 4) is 11.4 Å². The fraction of sp³-hybridized carbons (Fsp3) is 0.0556. The van der Waals surface area contributed by atoms with E-state index < -0.39 is 0 Å². The van der Waals surface area contributed by atoms with Gasteiger partial charge in [0.2, 0.25) is 0 Å². The van der Waals surface area contributed by atoms with Gasteiger partial charge in [-0.05, 0) is 37.3 Å². The van der Waals surface area contributed by atoms with Gasteiger partial charge in [0.15, 0.2) is 5.13 Å². The number of halogens is 2. The number of imidazole rings is 1. The van der Waals surface area contributed by atoms with Crippen LogP contribution in [0, 0.1) is 6.92 Å². The van der Waals surface area contributed by atoms with Crippen molar-refractivity contribution in [1.29, 1.82) is 0 Å². The lowest BCUT2D eigenvalue weighted by Crippen LogP contribution is -2.11. The molecule has 2 heterocycles. The first-order chi connectivity index (χ1) is 12.5. The maximum Gasteiger partial charge on any atom is 0.257 e. The summed E-state index contributed by atoms with van der Waals surface area (Å²) in [4.78, 5) is 24.4. The number of carbonyl (C=O) groups is 1. The number of aromatic amines is 1. The molecule has 0 saturated heterocycles. The number of amides is 1. The molecule has 2 N–H and O–H groups in total. The van der Waals surface area contributed by atoms with Gasteiger partial charge in [-0.15, -0.1) is 11.3 Å². The fourth-order valence-electron chi connectivity index (χ4n) is 2.57. The van der Waals surface area contributed by atoms with Crippen LogP contribution >= 0.6 is 34.5 Å². The summed E-state index contributed by atoms with van der Waals surface area (Å²) < 4.78 is 0. The summed E-state index contributed by atoms with van der Waals surface area (Å²) >= 11 is 13.9. The largest absolute Gasteiger partial charge is 0.338 e. The smallest absolute Gasteiger partial charge is 0.257 e. The van der Waals surface area contributed by atoms with E-state index in [1.807, 2.05) is 12.3 Å². The Hall–Kier alpha value is -2.41. The van der Waals surface area contributed by atoms with Crippen LogP contribution in [-0.4, -0.2) is 20.9 Å². The molecular weight excluding hydrogens is 391 g/mol. The summed E-state index contributed by atoms with van der Waals surface area (Å²) in [5.74, 6) is 0.330. The molecule has 0 bridgehead atoms. The van der Waals surface area contributed by atoms with Gasteiger partial charge in [0.05, 0.1) is 32.3 Å². The molecule has 0 aliphatic heterocycles. The minimum atomic E-state index is -0.229. The van der Waals surface area contributed by atoms with Gasteiger partial charge in [0.1, 0.15) is 5.82 Å². The van der Waals surface area contributed by atoms with Crippen LogP contribution in [0.2, 0.25) is 10.0 Å². The predicted molar refractivity (Wildman–Crippen MR) is 106 cm³/mol. The zero-order valence-corrected chi connectivity index (χ0v) is 15.8. The molecule has 0 fully saturated rings. The highest BCUT2D eigenvalue weighted by Gasteiger charge is 2.15. The normalized spacial score (nSPS) is 11.0. The Kier molecular flexibility index (Phi) is 4.40. The molecule has 130 valence electrons.